The Kier molecular flexibility index (Phi) is 8.44. The van der Waals surface area contributed by atoms with Gasteiger partial charge in [0.25, 0.3) is 5.91 Å². The highest BCUT2D eigenvalue weighted by molar-refractivity contribution is 9.11. The minimum atomic E-state index is -0.0434. The first-order valence-electron chi connectivity index (χ1n) is 10.4. The molecule has 2 aromatic rings. The van der Waals surface area contributed by atoms with Gasteiger partial charge in [0.15, 0.2) is 0 Å². The van der Waals surface area contributed by atoms with E-state index >= 15 is 0 Å². The van der Waals surface area contributed by atoms with E-state index < -0.39 is 0 Å². The summed E-state index contributed by atoms with van der Waals surface area (Å²) in [5, 5.41) is 2.94. The third-order valence-electron chi connectivity index (χ3n) is 5.28. The van der Waals surface area contributed by atoms with Crippen LogP contribution in [0.25, 0.3) is 0 Å². The molecule has 1 N–H and O–H groups in total. The van der Waals surface area contributed by atoms with Gasteiger partial charge in [-0.05, 0) is 60.1 Å². The molecule has 8 heteroatoms. The van der Waals surface area contributed by atoms with Crippen LogP contribution in [0.1, 0.15) is 29.1 Å². The van der Waals surface area contributed by atoms with Gasteiger partial charge < -0.3 is 10.2 Å². The van der Waals surface area contributed by atoms with Gasteiger partial charge >= 0.3 is 0 Å². The number of hydrogen-bond donors (Lipinski definition) is 1. The maximum atomic E-state index is 12.5. The molecular weight excluding hydrogens is 464 g/mol. The van der Waals surface area contributed by atoms with Gasteiger partial charge in [-0.2, -0.15) is 0 Å². The minimum absolute atomic E-state index is 0.00927. The van der Waals surface area contributed by atoms with Crippen molar-refractivity contribution in [3.8, 4) is 0 Å². The molecule has 162 valence electrons. The summed E-state index contributed by atoms with van der Waals surface area (Å²) in [6.45, 7) is 10.3. The van der Waals surface area contributed by atoms with E-state index in [1.54, 1.807) is 28.4 Å². The summed E-state index contributed by atoms with van der Waals surface area (Å²) in [4.78, 5) is 32.8. The Morgan fingerprint density at radius 1 is 1.07 bits per heavy atom. The SMILES string of the molecule is CCN(CC)C(=O)c1cccc(NC(=O)CN2CCN(Cc3ccc(Br)s3)CC2)c1. The lowest BCUT2D eigenvalue weighted by Crippen LogP contribution is -2.48. The molecule has 1 aliphatic heterocycles. The average Bonchev–Trinajstić information content (AvgIpc) is 3.15. The number of nitrogens with one attached hydrogen (secondary N) is 1. The Morgan fingerprint density at radius 3 is 2.40 bits per heavy atom. The number of hydrogen-bond acceptors (Lipinski definition) is 5. The van der Waals surface area contributed by atoms with E-state index in [1.807, 2.05) is 26.0 Å². The lowest BCUT2D eigenvalue weighted by Gasteiger charge is -2.34. The van der Waals surface area contributed by atoms with Crippen LogP contribution >= 0.6 is 27.3 Å². The van der Waals surface area contributed by atoms with Gasteiger partial charge in [0.2, 0.25) is 5.91 Å². The van der Waals surface area contributed by atoms with Crippen LogP contribution in [-0.2, 0) is 11.3 Å². The smallest absolute Gasteiger partial charge is 0.253 e. The molecule has 2 heterocycles. The summed E-state index contributed by atoms with van der Waals surface area (Å²) in [5.74, 6) is -0.0527. The van der Waals surface area contributed by atoms with E-state index in [0.29, 0.717) is 30.9 Å². The predicted octanol–water partition coefficient (Wildman–Crippen LogP) is 3.75. The standard InChI is InChI=1S/C22H29BrN4O2S/c1-3-27(4-2)22(29)17-6-5-7-18(14-17)24-21(28)16-26-12-10-25(11-13-26)15-19-8-9-20(23)30-19/h5-9,14H,3-4,10-13,15-16H2,1-2H3,(H,24,28). The van der Waals surface area contributed by atoms with Crippen LogP contribution in [0.5, 0.6) is 0 Å². The van der Waals surface area contributed by atoms with Crippen LogP contribution in [0, 0.1) is 0 Å². The first-order chi connectivity index (χ1) is 14.5. The number of anilines is 1. The van der Waals surface area contributed by atoms with Gasteiger partial charge in [-0.25, -0.2) is 0 Å². The van der Waals surface area contributed by atoms with Crippen molar-refractivity contribution in [2.24, 2.45) is 0 Å². The number of thiophene rings is 1. The molecule has 0 radical (unpaired) electrons. The second kappa shape index (κ2) is 11.0. The monoisotopic (exact) mass is 492 g/mol. The summed E-state index contributed by atoms with van der Waals surface area (Å²) >= 11 is 5.29. The fourth-order valence-electron chi connectivity index (χ4n) is 3.59. The second-order valence-corrected chi connectivity index (χ2v) is 9.91. The normalized spacial score (nSPS) is 15.2. The van der Waals surface area contributed by atoms with Crippen LogP contribution in [0.2, 0.25) is 0 Å². The topological polar surface area (TPSA) is 55.9 Å². The predicted molar refractivity (Wildman–Crippen MR) is 126 cm³/mol. The van der Waals surface area contributed by atoms with Gasteiger partial charge in [0.05, 0.1) is 10.3 Å². The van der Waals surface area contributed by atoms with Crippen molar-refractivity contribution in [1.29, 1.82) is 0 Å². The fraction of sp³-hybridized carbons (Fsp3) is 0.455. The Balaban J connectivity index is 1.47. The molecule has 0 saturated carbocycles. The molecule has 1 aromatic carbocycles. The third kappa shape index (κ3) is 6.38. The summed E-state index contributed by atoms with van der Waals surface area (Å²) in [7, 11) is 0. The van der Waals surface area contributed by atoms with Crippen LogP contribution < -0.4 is 5.32 Å². The van der Waals surface area contributed by atoms with E-state index in [2.05, 4.69) is 43.2 Å². The number of rotatable bonds is 8. The Bertz CT molecular complexity index is 860. The van der Waals surface area contributed by atoms with Crippen molar-refractivity contribution < 1.29 is 9.59 Å². The van der Waals surface area contributed by atoms with E-state index in [1.165, 1.54) is 4.88 Å². The van der Waals surface area contributed by atoms with Gasteiger partial charge in [0, 0.05) is 61.9 Å². The van der Waals surface area contributed by atoms with E-state index in [0.717, 1.165) is 36.5 Å². The van der Waals surface area contributed by atoms with E-state index in [9.17, 15) is 9.59 Å². The molecule has 3 rings (SSSR count). The number of piperazine rings is 1. The molecule has 30 heavy (non-hydrogen) atoms. The molecule has 1 aromatic heterocycles. The van der Waals surface area contributed by atoms with Crippen LogP contribution in [0.15, 0.2) is 40.2 Å². The number of benzene rings is 1. The zero-order valence-corrected chi connectivity index (χ0v) is 20.0. The third-order valence-corrected chi connectivity index (χ3v) is 6.89. The highest BCUT2D eigenvalue weighted by atomic mass is 79.9. The van der Waals surface area contributed by atoms with Crippen molar-refractivity contribution in [3.05, 3.63) is 50.6 Å². The number of nitrogens with zero attached hydrogens (tertiary/aromatic N) is 3. The highest BCUT2D eigenvalue weighted by Crippen LogP contribution is 2.23. The Morgan fingerprint density at radius 2 is 1.77 bits per heavy atom. The van der Waals surface area contributed by atoms with Crippen LogP contribution in [-0.4, -0.2) is 72.3 Å². The van der Waals surface area contributed by atoms with Crippen molar-refractivity contribution in [2.75, 3.05) is 51.1 Å². The molecular formula is C22H29BrN4O2S. The summed E-state index contributed by atoms with van der Waals surface area (Å²) in [6.07, 6.45) is 0. The Hall–Kier alpha value is -1.74. The summed E-state index contributed by atoms with van der Waals surface area (Å²) < 4.78 is 1.16. The first-order valence-corrected chi connectivity index (χ1v) is 12.0. The number of carbonyl (C=O) groups is 2. The molecule has 1 fully saturated rings. The number of carbonyl (C=O) groups excluding carboxylic acids is 2. The molecule has 2 amide bonds. The summed E-state index contributed by atoms with van der Waals surface area (Å²) in [6, 6.07) is 11.4. The largest absolute Gasteiger partial charge is 0.339 e. The van der Waals surface area contributed by atoms with Crippen molar-refractivity contribution in [2.45, 2.75) is 20.4 Å². The maximum Gasteiger partial charge on any atom is 0.253 e. The maximum absolute atomic E-state index is 12.5. The molecule has 1 aliphatic rings. The Labute approximate surface area is 191 Å². The van der Waals surface area contributed by atoms with Gasteiger partial charge in [-0.1, -0.05) is 6.07 Å². The van der Waals surface area contributed by atoms with Crippen molar-refractivity contribution >= 4 is 44.8 Å². The van der Waals surface area contributed by atoms with Gasteiger partial charge in [-0.3, -0.25) is 19.4 Å². The molecule has 1 saturated heterocycles. The van der Waals surface area contributed by atoms with Crippen molar-refractivity contribution in [1.82, 2.24) is 14.7 Å². The quantitative estimate of drug-likeness (QED) is 0.609. The number of halogens is 1. The fourth-order valence-corrected chi connectivity index (χ4v) is 5.12. The van der Waals surface area contributed by atoms with Crippen LogP contribution in [0.4, 0.5) is 5.69 Å². The first kappa shape index (κ1) is 22.9. The second-order valence-electron chi connectivity index (χ2n) is 7.36. The zero-order chi connectivity index (χ0) is 21.5. The lowest BCUT2D eigenvalue weighted by atomic mass is 10.1. The molecule has 0 spiro atoms. The van der Waals surface area contributed by atoms with E-state index in [4.69, 9.17) is 0 Å². The van der Waals surface area contributed by atoms with E-state index in [-0.39, 0.29) is 11.8 Å². The zero-order valence-electron chi connectivity index (χ0n) is 17.6. The number of amides is 2. The van der Waals surface area contributed by atoms with Crippen LogP contribution in [0.3, 0.4) is 0 Å². The van der Waals surface area contributed by atoms with Gasteiger partial charge in [0.1, 0.15) is 0 Å². The molecule has 0 unspecified atom stereocenters. The average molecular weight is 493 g/mol. The molecule has 0 bridgehead atoms. The molecule has 0 atom stereocenters. The minimum Gasteiger partial charge on any atom is -0.339 e. The highest BCUT2D eigenvalue weighted by Gasteiger charge is 2.20. The van der Waals surface area contributed by atoms with Crippen molar-refractivity contribution in [3.63, 3.8) is 0 Å². The molecule has 0 aliphatic carbocycles. The molecule has 6 nitrogen and oxygen atoms in total. The lowest BCUT2D eigenvalue weighted by molar-refractivity contribution is -0.117. The van der Waals surface area contributed by atoms with Gasteiger partial charge in [-0.15, -0.1) is 11.3 Å². The summed E-state index contributed by atoms with van der Waals surface area (Å²) in [5.41, 5.74) is 1.27.